The van der Waals surface area contributed by atoms with Gasteiger partial charge in [-0.15, -0.1) is 13.2 Å². The number of fused-ring (bicyclic) bond motifs is 1. The molecule has 0 spiro atoms. The standard InChI is InChI=1S/C9H5F3O3/c10-9(11,12)15-6-1-2-7-8(5-6)14-4-3-13-7/h1-5H. The van der Waals surface area contributed by atoms with Gasteiger partial charge in [-0.25, -0.2) is 0 Å². The molecule has 3 nitrogen and oxygen atoms in total. The molecule has 0 radical (unpaired) electrons. The predicted molar refractivity (Wildman–Crippen MR) is 43.5 cm³/mol. The van der Waals surface area contributed by atoms with Crippen LogP contribution in [-0.4, -0.2) is 6.36 Å². The molecule has 0 unspecified atom stereocenters. The molecule has 6 heteroatoms. The number of rotatable bonds is 1. The van der Waals surface area contributed by atoms with E-state index >= 15 is 0 Å². The largest absolute Gasteiger partial charge is 0.573 e. The van der Waals surface area contributed by atoms with Gasteiger partial charge in [0, 0.05) is 6.07 Å². The van der Waals surface area contributed by atoms with Gasteiger partial charge < -0.3 is 14.2 Å². The zero-order valence-electron chi connectivity index (χ0n) is 7.25. The molecule has 1 aromatic rings. The van der Waals surface area contributed by atoms with Crippen molar-refractivity contribution < 1.29 is 27.4 Å². The number of hydrogen-bond acceptors (Lipinski definition) is 3. The molecular weight excluding hydrogens is 213 g/mol. The highest BCUT2D eigenvalue weighted by Gasteiger charge is 2.31. The van der Waals surface area contributed by atoms with Gasteiger partial charge in [0.2, 0.25) is 0 Å². The summed E-state index contributed by atoms with van der Waals surface area (Å²) < 4.78 is 49.2. The van der Waals surface area contributed by atoms with Crippen molar-refractivity contribution in [3.05, 3.63) is 30.7 Å². The average Bonchev–Trinajstić information content (AvgIpc) is 2.15. The lowest BCUT2D eigenvalue weighted by atomic mass is 10.3. The lowest BCUT2D eigenvalue weighted by Crippen LogP contribution is -2.17. The Balaban J connectivity index is 2.23. The third-order valence-electron chi connectivity index (χ3n) is 1.59. The van der Waals surface area contributed by atoms with Crippen LogP contribution in [0, 0.1) is 0 Å². The highest BCUT2D eigenvalue weighted by molar-refractivity contribution is 5.47. The third kappa shape index (κ3) is 2.34. The molecule has 0 saturated heterocycles. The summed E-state index contributed by atoms with van der Waals surface area (Å²) in [6.45, 7) is 0. The second-order valence-electron chi connectivity index (χ2n) is 2.66. The topological polar surface area (TPSA) is 27.7 Å². The maximum Gasteiger partial charge on any atom is 0.573 e. The van der Waals surface area contributed by atoms with E-state index in [0.29, 0.717) is 5.75 Å². The first kappa shape index (κ1) is 9.70. The van der Waals surface area contributed by atoms with Crippen LogP contribution in [0.1, 0.15) is 0 Å². The van der Waals surface area contributed by atoms with Gasteiger partial charge in [-0.1, -0.05) is 0 Å². The predicted octanol–water partition coefficient (Wildman–Crippen LogP) is 2.83. The normalized spacial score (nSPS) is 13.8. The number of halogens is 3. The quantitative estimate of drug-likeness (QED) is 0.725. The fourth-order valence-electron chi connectivity index (χ4n) is 1.08. The minimum atomic E-state index is -4.71. The van der Waals surface area contributed by atoms with E-state index in [4.69, 9.17) is 9.47 Å². The summed E-state index contributed by atoms with van der Waals surface area (Å²) in [6, 6.07) is 3.58. The van der Waals surface area contributed by atoms with Gasteiger partial charge >= 0.3 is 6.36 Å². The van der Waals surface area contributed by atoms with Crippen LogP contribution in [-0.2, 0) is 0 Å². The van der Waals surface area contributed by atoms with E-state index in [2.05, 4.69) is 4.74 Å². The monoisotopic (exact) mass is 218 g/mol. The summed E-state index contributed by atoms with van der Waals surface area (Å²) in [7, 11) is 0. The van der Waals surface area contributed by atoms with Gasteiger partial charge in [0.15, 0.2) is 11.5 Å². The molecule has 0 saturated carbocycles. The van der Waals surface area contributed by atoms with Gasteiger partial charge in [-0.2, -0.15) is 0 Å². The molecule has 2 rings (SSSR count). The van der Waals surface area contributed by atoms with Crippen molar-refractivity contribution in [1.29, 1.82) is 0 Å². The van der Waals surface area contributed by atoms with Crippen molar-refractivity contribution in [2.45, 2.75) is 6.36 Å². The van der Waals surface area contributed by atoms with Crippen LogP contribution in [0.5, 0.6) is 17.2 Å². The third-order valence-corrected chi connectivity index (χ3v) is 1.59. The summed E-state index contributed by atoms with van der Waals surface area (Å²) in [5.41, 5.74) is 0. The Labute approximate surface area is 82.7 Å². The summed E-state index contributed by atoms with van der Waals surface area (Å²) in [5.74, 6) is 0.173. The van der Waals surface area contributed by atoms with E-state index in [1.807, 2.05) is 0 Å². The molecule has 80 valence electrons. The highest BCUT2D eigenvalue weighted by atomic mass is 19.4. The summed E-state index contributed by atoms with van der Waals surface area (Å²) >= 11 is 0. The number of ether oxygens (including phenoxy) is 3. The lowest BCUT2D eigenvalue weighted by molar-refractivity contribution is -0.274. The lowest BCUT2D eigenvalue weighted by Gasteiger charge is -2.14. The highest BCUT2D eigenvalue weighted by Crippen LogP contribution is 2.35. The van der Waals surface area contributed by atoms with E-state index < -0.39 is 6.36 Å². The van der Waals surface area contributed by atoms with E-state index in [1.165, 1.54) is 18.6 Å². The van der Waals surface area contributed by atoms with Crippen molar-refractivity contribution in [3.8, 4) is 17.2 Å². The van der Waals surface area contributed by atoms with Crippen LogP contribution < -0.4 is 14.2 Å². The Morgan fingerprint density at radius 3 is 2.33 bits per heavy atom. The van der Waals surface area contributed by atoms with Gasteiger partial charge in [0.05, 0.1) is 0 Å². The van der Waals surface area contributed by atoms with Gasteiger partial charge in [0.1, 0.15) is 18.3 Å². The van der Waals surface area contributed by atoms with Crippen molar-refractivity contribution in [2.24, 2.45) is 0 Å². The van der Waals surface area contributed by atoms with Crippen LogP contribution in [0.15, 0.2) is 30.7 Å². The first-order chi connectivity index (χ1) is 7.04. The Bertz CT molecular complexity index is 398. The molecule has 1 aromatic carbocycles. The Morgan fingerprint density at radius 1 is 1.00 bits per heavy atom. The fourth-order valence-corrected chi connectivity index (χ4v) is 1.08. The van der Waals surface area contributed by atoms with Crippen molar-refractivity contribution in [3.63, 3.8) is 0 Å². The first-order valence-corrected chi connectivity index (χ1v) is 3.93. The van der Waals surface area contributed by atoms with Crippen molar-refractivity contribution in [2.75, 3.05) is 0 Å². The summed E-state index contributed by atoms with van der Waals surface area (Å²) in [5, 5.41) is 0. The smallest absolute Gasteiger partial charge is 0.458 e. The van der Waals surface area contributed by atoms with Gasteiger partial charge in [-0.3, -0.25) is 0 Å². The van der Waals surface area contributed by atoms with Crippen LogP contribution >= 0.6 is 0 Å². The minimum Gasteiger partial charge on any atom is -0.458 e. The first-order valence-electron chi connectivity index (χ1n) is 3.93. The molecule has 0 fully saturated rings. The summed E-state index contributed by atoms with van der Waals surface area (Å²) in [4.78, 5) is 0. The number of hydrogen-bond donors (Lipinski definition) is 0. The van der Waals surface area contributed by atoms with Gasteiger partial charge in [-0.05, 0) is 12.1 Å². The van der Waals surface area contributed by atoms with E-state index in [-0.39, 0.29) is 11.5 Å². The molecule has 15 heavy (non-hydrogen) atoms. The maximum absolute atomic E-state index is 11.9. The van der Waals surface area contributed by atoms with Crippen LogP contribution in [0.25, 0.3) is 0 Å². The van der Waals surface area contributed by atoms with Crippen molar-refractivity contribution >= 4 is 0 Å². The fraction of sp³-hybridized carbons (Fsp3) is 0.111. The van der Waals surface area contributed by atoms with E-state index in [1.54, 1.807) is 0 Å². The number of alkyl halides is 3. The molecule has 0 amide bonds. The minimum absolute atomic E-state index is 0.180. The SMILES string of the molecule is FC(F)(F)Oc1ccc2c(c1)OC=CO2. The van der Waals surface area contributed by atoms with Gasteiger partial charge in [0.25, 0.3) is 0 Å². The molecule has 1 aliphatic heterocycles. The Kier molecular flexibility index (Phi) is 2.18. The van der Waals surface area contributed by atoms with Crippen LogP contribution in [0.2, 0.25) is 0 Å². The second-order valence-corrected chi connectivity index (χ2v) is 2.66. The molecule has 1 aliphatic rings. The molecule has 0 N–H and O–H groups in total. The average molecular weight is 218 g/mol. The number of benzene rings is 1. The zero-order chi connectivity index (χ0) is 10.9. The Hall–Kier alpha value is -1.85. The molecule has 0 atom stereocenters. The van der Waals surface area contributed by atoms with Crippen molar-refractivity contribution in [1.82, 2.24) is 0 Å². The van der Waals surface area contributed by atoms with E-state index in [9.17, 15) is 13.2 Å². The van der Waals surface area contributed by atoms with E-state index in [0.717, 1.165) is 12.1 Å². The zero-order valence-corrected chi connectivity index (χ0v) is 7.25. The molecule has 0 aliphatic carbocycles. The molecule has 1 heterocycles. The van der Waals surface area contributed by atoms with Crippen LogP contribution in [0.3, 0.4) is 0 Å². The van der Waals surface area contributed by atoms with Crippen LogP contribution in [0.4, 0.5) is 13.2 Å². The molecule has 0 aromatic heterocycles. The molecule has 0 bridgehead atoms. The molecular formula is C9H5F3O3. The maximum atomic E-state index is 11.9. The second kappa shape index (κ2) is 3.38. The Morgan fingerprint density at radius 2 is 1.67 bits per heavy atom. The summed E-state index contributed by atoms with van der Waals surface area (Å²) in [6.07, 6.45) is -2.20.